The summed E-state index contributed by atoms with van der Waals surface area (Å²) < 4.78 is 33.4. The maximum atomic E-state index is 12.6. The average molecular weight is 309 g/mol. The molecule has 2 unspecified atom stereocenters. The molecule has 1 heterocycles. The van der Waals surface area contributed by atoms with E-state index in [2.05, 4.69) is 16.6 Å². The smallest absolute Gasteiger partial charge is 0.242 e. The summed E-state index contributed by atoms with van der Waals surface area (Å²) in [5.41, 5.74) is -0.259. The number of sulfonamides is 1. The summed E-state index contributed by atoms with van der Waals surface area (Å²) in [5.74, 6) is 5.14. The Morgan fingerprint density at radius 3 is 2.81 bits per heavy atom. The molecule has 6 heteroatoms. The molecule has 0 amide bonds. The second-order valence-corrected chi connectivity index (χ2v) is 6.89. The number of hydrogen-bond donors (Lipinski definition) is 2. The highest BCUT2D eigenvalue weighted by molar-refractivity contribution is 7.89. The minimum Gasteiger partial charge on any atom is -0.384 e. The first-order valence-electron chi connectivity index (χ1n) is 6.73. The van der Waals surface area contributed by atoms with Crippen LogP contribution in [0.1, 0.15) is 25.8 Å². The van der Waals surface area contributed by atoms with Crippen molar-refractivity contribution in [3.05, 3.63) is 29.8 Å². The normalized spacial score (nSPS) is 25.4. The molecule has 0 spiro atoms. The van der Waals surface area contributed by atoms with Crippen LogP contribution in [0.4, 0.5) is 0 Å². The lowest BCUT2D eigenvalue weighted by atomic mass is 9.97. The Labute approximate surface area is 125 Å². The van der Waals surface area contributed by atoms with Gasteiger partial charge >= 0.3 is 0 Å². The fraction of sp³-hybridized carbons (Fsp3) is 0.467. The molecule has 0 saturated carbocycles. The third-order valence-corrected chi connectivity index (χ3v) is 5.40. The number of ether oxygens (including phenoxy) is 1. The summed E-state index contributed by atoms with van der Waals surface area (Å²) >= 11 is 0. The van der Waals surface area contributed by atoms with Crippen molar-refractivity contribution in [1.29, 1.82) is 0 Å². The number of aliphatic hydroxyl groups excluding tert-OH is 1. The number of nitrogens with one attached hydrogen (secondary N) is 1. The Bertz CT molecular complexity index is 674. The topological polar surface area (TPSA) is 75.6 Å². The Morgan fingerprint density at radius 2 is 2.19 bits per heavy atom. The van der Waals surface area contributed by atoms with Crippen LogP contribution in [-0.2, 0) is 14.8 Å². The van der Waals surface area contributed by atoms with Crippen molar-refractivity contribution in [2.45, 2.75) is 36.8 Å². The summed E-state index contributed by atoms with van der Waals surface area (Å²) in [4.78, 5) is 0.117. The molecule has 0 bridgehead atoms. The molecule has 0 aromatic heterocycles. The highest BCUT2D eigenvalue weighted by Crippen LogP contribution is 2.28. The lowest BCUT2D eigenvalue weighted by Crippen LogP contribution is -2.50. The molecule has 21 heavy (non-hydrogen) atoms. The van der Waals surface area contributed by atoms with Gasteiger partial charge in [-0.3, -0.25) is 0 Å². The summed E-state index contributed by atoms with van der Waals surface area (Å²) in [6.07, 6.45) is 0.431. The van der Waals surface area contributed by atoms with Crippen LogP contribution in [-0.4, -0.2) is 38.4 Å². The second kappa shape index (κ2) is 6.16. The molecular formula is C15H19NO4S. The van der Waals surface area contributed by atoms with Crippen LogP contribution in [0.5, 0.6) is 0 Å². The first-order valence-corrected chi connectivity index (χ1v) is 8.22. The van der Waals surface area contributed by atoms with Gasteiger partial charge in [-0.05, 0) is 32.4 Å². The second-order valence-electron chi connectivity index (χ2n) is 5.24. The van der Waals surface area contributed by atoms with Crippen molar-refractivity contribution in [1.82, 2.24) is 4.72 Å². The van der Waals surface area contributed by atoms with Gasteiger partial charge in [0.05, 0.1) is 16.5 Å². The molecule has 1 aliphatic heterocycles. The van der Waals surface area contributed by atoms with Crippen LogP contribution < -0.4 is 4.72 Å². The Kier molecular flexibility index (Phi) is 4.69. The van der Waals surface area contributed by atoms with Crippen molar-refractivity contribution in [3.8, 4) is 11.8 Å². The molecule has 2 atom stereocenters. The van der Waals surface area contributed by atoms with Crippen molar-refractivity contribution >= 4 is 10.0 Å². The van der Waals surface area contributed by atoms with E-state index in [0.29, 0.717) is 18.6 Å². The number of hydrogen-bond acceptors (Lipinski definition) is 4. The average Bonchev–Trinajstić information content (AvgIpc) is 2.75. The van der Waals surface area contributed by atoms with Gasteiger partial charge < -0.3 is 9.84 Å². The van der Waals surface area contributed by atoms with E-state index in [4.69, 9.17) is 9.84 Å². The standard InChI is InChI=1S/C15H19NO4S/c1-12-15(2,9-11-20-12)16-21(18,19)14-8-4-3-6-13(14)7-5-10-17/h3-4,6,8,12,16-17H,9-11H2,1-2H3. The summed E-state index contributed by atoms with van der Waals surface area (Å²) in [6.45, 7) is 3.91. The van der Waals surface area contributed by atoms with Gasteiger partial charge in [-0.1, -0.05) is 24.0 Å². The molecule has 1 fully saturated rings. The lowest BCUT2D eigenvalue weighted by molar-refractivity contribution is 0.0957. The molecule has 0 aliphatic carbocycles. The molecule has 5 nitrogen and oxygen atoms in total. The van der Waals surface area contributed by atoms with Crippen molar-refractivity contribution in [2.75, 3.05) is 13.2 Å². The molecule has 0 radical (unpaired) electrons. The van der Waals surface area contributed by atoms with Crippen LogP contribution in [0.2, 0.25) is 0 Å². The predicted octanol–water partition coefficient (Wildman–Crippen LogP) is 0.876. The number of rotatable bonds is 3. The summed E-state index contributed by atoms with van der Waals surface area (Å²) in [5, 5.41) is 8.77. The number of benzene rings is 1. The van der Waals surface area contributed by atoms with E-state index in [1.54, 1.807) is 18.2 Å². The zero-order valence-corrected chi connectivity index (χ0v) is 12.9. The van der Waals surface area contributed by atoms with Crippen LogP contribution in [0.25, 0.3) is 0 Å². The van der Waals surface area contributed by atoms with E-state index >= 15 is 0 Å². The van der Waals surface area contributed by atoms with Gasteiger partial charge in [0.1, 0.15) is 6.61 Å². The lowest BCUT2D eigenvalue weighted by Gasteiger charge is -2.28. The molecular weight excluding hydrogens is 290 g/mol. The van der Waals surface area contributed by atoms with Gasteiger partial charge in [-0.15, -0.1) is 0 Å². The minimum absolute atomic E-state index is 0.117. The van der Waals surface area contributed by atoms with Crippen molar-refractivity contribution < 1.29 is 18.3 Å². The van der Waals surface area contributed by atoms with E-state index in [1.165, 1.54) is 6.07 Å². The molecule has 1 aliphatic rings. The van der Waals surface area contributed by atoms with E-state index < -0.39 is 15.6 Å². The van der Waals surface area contributed by atoms with Crippen molar-refractivity contribution in [3.63, 3.8) is 0 Å². The number of aliphatic hydroxyl groups is 1. The Hall–Kier alpha value is -1.39. The fourth-order valence-electron chi connectivity index (χ4n) is 2.27. The summed E-state index contributed by atoms with van der Waals surface area (Å²) in [7, 11) is -3.71. The highest BCUT2D eigenvalue weighted by Gasteiger charge is 2.40. The van der Waals surface area contributed by atoms with Crippen LogP contribution >= 0.6 is 0 Å². The third kappa shape index (κ3) is 3.44. The van der Waals surface area contributed by atoms with Gasteiger partial charge in [0, 0.05) is 12.2 Å². The zero-order valence-electron chi connectivity index (χ0n) is 12.1. The minimum atomic E-state index is -3.71. The van der Waals surface area contributed by atoms with Crippen LogP contribution in [0, 0.1) is 11.8 Å². The van der Waals surface area contributed by atoms with E-state index in [0.717, 1.165) is 0 Å². The van der Waals surface area contributed by atoms with Crippen molar-refractivity contribution in [2.24, 2.45) is 0 Å². The van der Waals surface area contributed by atoms with Gasteiger partial charge in [0.2, 0.25) is 10.0 Å². The molecule has 1 aromatic rings. The molecule has 1 aromatic carbocycles. The Morgan fingerprint density at radius 1 is 1.48 bits per heavy atom. The van der Waals surface area contributed by atoms with Gasteiger partial charge in [0.25, 0.3) is 0 Å². The molecule has 2 rings (SSSR count). The van der Waals surface area contributed by atoms with Crippen LogP contribution in [0.15, 0.2) is 29.2 Å². The monoisotopic (exact) mass is 309 g/mol. The van der Waals surface area contributed by atoms with Gasteiger partial charge in [0.15, 0.2) is 0 Å². The van der Waals surface area contributed by atoms with Crippen LogP contribution in [0.3, 0.4) is 0 Å². The molecule has 1 saturated heterocycles. The predicted molar refractivity (Wildman–Crippen MR) is 79.2 cm³/mol. The van der Waals surface area contributed by atoms with E-state index in [1.807, 2.05) is 13.8 Å². The maximum Gasteiger partial charge on any atom is 0.242 e. The van der Waals surface area contributed by atoms with Gasteiger partial charge in [-0.25, -0.2) is 13.1 Å². The molecule has 2 N–H and O–H groups in total. The van der Waals surface area contributed by atoms with E-state index in [9.17, 15) is 8.42 Å². The largest absolute Gasteiger partial charge is 0.384 e. The first kappa shape index (κ1) is 16.0. The summed E-state index contributed by atoms with van der Waals surface area (Å²) in [6, 6.07) is 6.49. The van der Waals surface area contributed by atoms with Gasteiger partial charge in [-0.2, -0.15) is 0 Å². The molecule has 114 valence electrons. The zero-order chi connectivity index (χ0) is 15.5. The third-order valence-electron chi connectivity index (χ3n) is 3.73. The SMILES string of the molecule is CC1OCCC1(C)NS(=O)(=O)c1ccccc1C#CCO. The highest BCUT2D eigenvalue weighted by atomic mass is 32.2. The maximum absolute atomic E-state index is 12.6. The van der Waals surface area contributed by atoms with E-state index in [-0.39, 0.29) is 17.6 Å². The quantitative estimate of drug-likeness (QED) is 0.813. The fourth-order valence-corrected chi connectivity index (χ4v) is 3.93. The Balaban J connectivity index is 2.36. The first-order chi connectivity index (χ1) is 9.89.